The summed E-state index contributed by atoms with van der Waals surface area (Å²) in [6.07, 6.45) is 2.24. The van der Waals surface area contributed by atoms with E-state index in [9.17, 15) is 4.79 Å². The molecule has 0 unspecified atom stereocenters. The summed E-state index contributed by atoms with van der Waals surface area (Å²) in [5.41, 5.74) is 4.56. The molecule has 1 aliphatic heterocycles. The van der Waals surface area contributed by atoms with Gasteiger partial charge in [-0.3, -0.25) is 0 Å². The predicted molar refractivity (Wildman–Crippen MR) is 92.0 cm³/mol. The van der Waals surface area contributed by atoms with E-state index in [4.69, 9.17) is 4.74 Å². The molecule has 0 amide bonds. The molecule has 0 spiro atoms. The molecule has 0 fully saturated rings. The molecule has 0 radical (unpaired) electrons. The molecule has 1 aliphatic rings. The fourth-order valence-corrected chi connectivity index (χ4v) is 3.47. The van der Waals surface area contributed by atoms with Crippen LogP contribution in [-0.4, -0.2) is 24.7 Å². The molecule has 0 aromatic heterocycles. The Morgan fingerprint density at radius 3 is 2.41 bits per heavy atom. The summed E-state index contributed by atoms with van der Waals surface area (Å²) < 4.78 is 5.08. The van der Waals surface area contributed by atoms with Crippen LogP contribution in [0.3, 0.4) is 0 Å². The van der Waals surface area contributed by atoms with E-state index >= 15 is 0 Å². The molecule has 0 saturated heterocycles. The van der Waals surface area contributed by atoms with E-state index in [2.05, 4.69) is 70.7 Å². The molecule has 0 aliphatic carbocycles. The molecule has 0 N–H and O–H groups in total. The lowest BCUT2D eigenvalue weighted by Gasteiger charge is -2.48. The minimum Gasteiger partial charge on any atom is -0.467 e. The lowest BCUT2D eigenvalue weighted by Crippen LogP contribution is -2.56. The Morgan fingerprint density at radius 1 is 1.23 bits per heavy atom. The smallest absolute Gasteiger partial charge is 0.328 e. The maximum Gasteiger partial charge on any atom is 0.328 e. The van der Waals surface area contributed by atoms with Crippen LogP contribution in [0, 0.1) is 12.8 Å². The summed E-state index contributed by atoms with van der Waals surface area (Å²) in [6.45, 7) is 12.7. The van der Waals surface area contributed by atoms with Crippen molar-refractivity contribution >= 4 is 17.2 Å². The first-order valence-corrected chi connectivity index (χ1v) is 7.86. The highest BCUT2D eigenvalue weighted by molar-refractivity contribution is 5.87. The number of fused-ring (bicyclic) bond motifs is 1. The van der Waals surface area contributed by atoms with Gasteiger partial charge in [-0.25, -0.2) is 4.79 Å². The molecule has 1 atom stereocenters. The van der Waals surface area contributed by atoms with Crippen molar-refractivity contribution in [1.29, 1.82) is 0 Å². The van der Waals surface area contributed by atoms with Crippen LogP contribution in [0.1, 0.15) is 45.7 Å². The molecule has 2 rings (SSSR count). The average Bonchev–Trinajstić information content (AvgIpc) is 2.42. The van der Waals surface area contributed by atoms with E-state index < -0.39 is 0 Å². The average molecular weight is 301 g/mol. The molecule has 1 heterocycles. The van der Waals surface area contributed by atoms with Crippen LogP contribution in [0.4, 0.5) is 5.69 Å². The van der Waals surface area contributed by atoms with Crippen molar-refractivity contribution in [2.24, 2.45) is 5.92 Å². The van der Waals surface area contributed by atoms with Gasteiger partial charge in [0.15, 0.2) is 0 Å². The van der Waals surface area contributed by atoms with Gasteiger partial charge in [0.1, 0.15) is 6.04 Å². The fourth-order valence-electron chi connectivity index (χ4n) is 3.47. The SMILES string of the molecule is COC(=O)[C@@H](C(C)C)N1c2ccc(C)cc2C(C)=CC1(C)C. The Morgan fingerprint density at radius 2 is 1.86 bits per heavy atom. The van der Waals surface area contributed by atoms with Crippen molar-refractivity contribution in [3.05, 3.63) is 35.4 Å². The number of esters is 1. The minimum atomic E-state index is -0.300. The maximum absolute atomic E-state index is 12.4. The van der Waals surface area contributed by atoms with Gasteiger partial charge in [-0.05, 0) is 51.3 Å². The first-order chi connectivity index (χ1) is 10.2. The van der Waals surface area contributed by atoms with Crippen LogP contribution in [0.5, 0.6) is 0 Å². The third-order valence-electron chi connectivity index (χ3n) is 4.38. The van der Waals surface area contributed by atoms with Gasteiger partial charge in [0.05, 0.1) is 12.6 Å². The zero-order valence-corrected chi connectivity index (χ0v) is 14.7. The van der Waals surface area contributed by atoms with E-state index in [-0.39, 0.29) is 23.5 Å². The van der Waals surface area contributed by atoms with Gasteiger partial charge in [0.2, 0.25) is 0 Å². The van der Waals surface area contributed by atoms with Gasteiger partial charge in [-0.1, -0.05) is 31.6 Å². The quantitative estimate of drug-likeness (QED) is 0.784. The second kappa shape index (κ2) is 5.79. The number of rotatable bonds is 3. The monoisotopic (exact) mass is 301 g/mol. The van der Waals surface area contributed by atoms with E-state index in [1.54, 1.807) is 0 Å². The number of nitrogens with zero attached hydrogens (tertiary/aromatic N) is 1. The molecule has 120 valence electrons. The second-order valence-electron chi connectivity index (χ2n) is 7.08. The number of carbonyl (C=O) groups is 1. The Balaban J connectivity index is 2.65. The Kier molecular flexibility index (Phi) is 4.37. The van der Waals surface area contributed by atoms with E-state index in [0.29, 0.717) is 0 Å². The molecule has 3 nitrogen and oxygen atoms in total. The summed E-state index contributed by atoms with van der Waals surface area (Å²) in [5.74, 6) is -0.0183. The van der Waals surface area contributed by atoms with Crippen molar-refractivity contribution in [1.82, 2.24) is 0 Å². The van der Waals surface area contributed by atoms with E-state index in [1.165, 1.54) is 23.8 Å². The second-order valence-corrected chi connectivity index (χ2v) is 7.08. The summed E-state index contributed by atoms with van der Waals surface area (Å²) in [4.78, 5) is 14.6. The number of carbonyl (C=O) groups excluding carboxylic acids is 1. The summed E-state index contributed by atoms with van der Waals surface area (Å²) in [6, 6.07) is 6.12. The van der Waals surface area contributed by atoms with Gasteiger partial charge in [-0.15, -0.1) is 0 Å². The highest BCUT2D eigenvalue weighted by atomic mass is 16.5. The molecule has 0 saturated carbocycles. The summed E-state index contributed by atoms with van der Waals surface area (Å²) in [5, 5.41) is 0. The predicted octanol–water partition coefficient (Wildman–Crippen LogP) is 4.19. The minimum absolute atomic E-state index is 0.160. The topological polar surface area (TPSA) is 29.5 Å². The van der Waals surface area contributed by atoms with Crippen molar-refractivity contribution < 1.29 is 9.53 Å². The van der Waals surface area contributed by atoms with Crippen LogP contribution >= 0.6 is 0 Å². The normalized spacial score (nSPS) is 17.8. The highest BCUT2D eigenvalue weighted by Gasteiger charge is 2.41. The largest absolute Gasteiger partial charge is 0.467 e. The Bertz CT molecular complexity index is 614. The number of ether oxygens (including phenoxy) is 1. The summed E-state index contributed by atoms with van der Waals surface area (Å²) in [7, 11) is 1.46. The number of hydrogen-bond acceptors (Lipinski definition) is 3. The lowest BCUT2D eigenvalue weighted by atomic mass is 9.84. The van der Waals surface area contributed by atoms with Crippen LogP contribution in [0.2, 0.25) is 0 Å². The lowest BCUT2D eigenvalue weighted by molar-refractivity contribution is -0.143. The molecule has 3 heteroatoms. The molecule has 1 aromatic rings. The third-order valence-corrected chi connectivity index (χ3v) is 4.38. The number of aryl methyl sites for hydroxylation is 1. The Hall–Kier alpha value is -1.77. The zero-order valence-electron chi connectivity index (χ0n) is 14.7. The molecule has 1 aromatic carbocycles. The van der Waals surface area contributed by atoms with Crippen LogP contribution in [0.15, 0.2) is 24.3 Å². The number of methoxy groups -OCH3 is 1. The summed E-state index contributed by atoms with van der Waals surface area (Å²) >= 11 is 0. The van der Waals surface area contributed by atoms with Crippen molar-refractivity contribution in [2.45, 2.75) is 53.1 Å². The van der Waals surface area contributed by atoms with Gasteiger partial charge in [0.25, 0.3) is 0 Å². The Labute approximate surface area is 134 Å². The highest BCUT2D eigenvalue weighted by Crippen LogP contribution is 2.41. The van der Waals surface area contributed by atoms with E-state index in [0.717, 1.165) is 5.69 Å². The third kappa shape index (κ3) is 2.77. The number of anilines is 1. The standard InChI is InChI=1S/C19H27NO2/c1-12(2)17(18(21)22-7)20-16-9-8-13(3)10-15(16)14(4)11-19(20,5)6/h8-12,17H,1-7H3/t17-/m1/s1. The van der Waals surface area contributed by atoms with Crippen LogP contribution in [-0.2, 0) is 9.53 Å². The van der Waals surface area contributed by atoms with Gasteiger partial charge >= 0.3 is 5.97 Å². The van der Waals surface area contributed by atoms with Gasteiger partial charge in [-0.2, -0.15) is 0 Å². The molecular weight excluding hydrogens is 274 g/mol. The fraction of sp³-hybridized carbons (Fsp3) is 0.526. The molecular formula is C19H27NO2. The van der Waals surface area contributed by atoms with Crippen LogP contribution in [0.25, 0.3) is 5.57 Å². The van der Waals surface area contributed by atoms with Gasteiger partial charge < -0.3 is 9.64 Å². The molecule has 22 heavy (non-hydrogen) atoms. The van der Waals surface area contributed by atoms with Crippen LogP contribution < -0.4 is 4.90 Å². The maximum atomic E-state index is 12.4. The first kappa shape index (κ1) is 16.6. The number of allylic oxidation sites excluding steroid dienone is 1. The number of benzene rings is 1. The number of hydrogen-bond donors (Lipinski definition) is 0. The molecule has 0 bridgehead atoms. The van der Waals surface area contributed by atoms with E-state index in [1.807, 2.05) is 0 Å². The van der Waals surface area contributed by atoms with Crippen molar-refractivity contribution in [2.75, 3.05) is 12.0 Å². The van der Waals surface area contributed by atoms with Crippen molar-refractivity contribution in [3.63, 3.8) is 0 Å². The first-order valence-electron chi connectivity index (χ1n) is 7.86. The van der Waals surface area contributed by atoms with Crippen molar-refractivity contribution in [3.8, 4) is 0 Å². The zero-order chi connectivity index (χ0) is 16.7. The van der Waals surface area contributed by atoms with Gasteiger partial charge in [0, 0.05) is 11.3 Å².